The number of aromatic nitrogens is 4. The molecule has 2 aromatic carbocycles. The fourth-order valence-electron chi connectivity index (χ4n) is 2.70. The van der Waals surface area contributed by atoms with E-state index in [9.17, 15) is 14.0 Å². The average Bonchev–Trinajstić information content (AvgIpc) is 2.57. The summed E-state index contributed by atoms with van der Waals surface area (Å²) in [5, 5.41) is 0. The Morgan fingerprint density at radius 1 is 1.00 bits per heavy atom. The number of fused-ring (bicyclic) bond motifs is 2. The quantitative estimate of drug-likeness (QED) is 0.570. The van der Waals surface area contributed by atoms with Crippen LogP contribution in [-0.4, -0.2) is 19.5 Å². The third-order valence-electron chi connectivity index (χ3n) is 3.80. The minimum Gasteiger partial charge on any atom is -0.318 e. The number of aromatic amines is 1. The van der Waals surface area contributed by atoms with Crippen LogP contribution in [0.25, 0.3) is 22.6 Å². The average molecular weight is 322 g/mol. The van der Waals surface area contributed by atoms with E-state index in [2.05, 4.69) is 15.0 Å². The number of benzene rings is 2. The summed E-state index contributed by atoms with van der Waals surface area (Å²) in [6.45, 7) is 0.127. The highest BCUT2D eigenvalue weighted by Gasteiger charge is 2.19. The van der Waals surface area contributed by atoms with E-state index < -0.39 is 11.2 Å². The van der Waals surface area contributed by atoms with Crippen molar-refractivity contribution in [2.45, 2.75) is 6.54 Å². The van der Waals surface area contributed by atoms with Gasteiger partial charge in [-0.1, -0.05) is 30.3 Å². The van der Waals surface area contributed by atoms with E-state index in [1.165, 1.54) is 6.07 Å². The van der Waals surface area contributed by atoms with Crippen LogP contribution in [0.5, 0.6) is 0 Å². The first-order valence-electron chi connectivity index (χ1n) is 7.26. The second-order valence-electron chi connectivity index (χ2n) is 5.32. The van der Waals surface area contributed by atoms with Crippen LogP contribution in [0, 0.1) is 5.82 Å². The number of para-hydroxylation sites is 2. The molecule has 0 atom stereocenters. The van der Waals surface area contributed by atoms with Crippen molar-refractivity contribution in [1.82, 2.24) is 19.5 Å². The van der Waals surface area contributed by atoms with Crippen molar-refractivity contribution in [3.63, 3.8) is 0 Å². The zero-order chi connectivity index (χ0) is 16.7. The maximum absolute atomic E-state index is 14.1. The SMILES string of the molecule is O=c1nc2n(Cc3ccccc3F)c3ccccc3nc-2c(=O)[nH]1. The molecule has 1 N–H and O–H groups in total. The van der Waals surface area contributed by atoms with Gasteiger partial charge in [0, 0.05) is 5.56 Å². The van der Waals surface area contributed by atoms with Gasteiger partial charge in [0.05, 0.1) is 17.6 Å². The Morgan fingerprint density at radius 3 is 2.58 bits per heavy atom. The molecule has 2 heterocycles. The van der Waals surface area contributed by atoms with Crippen LogP contribution in [0.15, 0.2) is 58.1 Å². The van der Waals surface area contributed by atoms with Gasteiger partial charge in [0.25, 0.3) is 5.56 Å². The summed E-state index contributed by atoms with van der Waals surface area (Å²) in [5.74, 6) is -0.239. The summed E-state index contributed by atoms with van der Waals surface area (Å²) in [4.78, 5) is 34.0. The third-order valence-corrected chi connectivity index (χ3v) is 3.80. The van der Waals surface area contributed by atoms with E-state index in [0.29, 0.717) is 16.6 Å². The number of hydrogen-bond acceptors (Lipinski definition) is 4. The van der Waals surface area contributed by atoms with Gasteiger partial charge in [-0.25, -0.2) is 14.2 Å². The molecule has 2 aromatic rings. The Morgan fingerprint density at radius 2 is 1.75 bits per heavy atom. The summed E-state index contributed by atoms with van der Waals surface area (Å²) in [5.41, 5.74) is 0.322. The lowest BCUT2D eigenvalue weighted by Crippen LogP contribution is -2.29. The van der Waals surface area contributed by atoms with E-state index >= 15 is 0 Å². The Balaban J connectivity index is 2.09. The molecule has 0 aromatic heterocycles. The van der Waals surface area contributed by atoms with E-state index in [-0.39, 0.29) is 23.9 Å². The summed E-state index contributed by atoms with van der Waals surface area (Å²) in [6.07, 6.45) is 0. The monoisotopic (exact) mass is 322 g/mol. The van der Waals surface area contributed by atoms with Gasteiger partial charge in [-0.05, 0) is 18.2 Å². The van der Waals surface area contributed by atoms with Crippen molar-refractivity contribution in [3.8, 4) is 11.5 Å². The summed E-state index contributed by atoms with van der Waals surface area (Å²) in [7, 11) is 0. The van der Waals surface area contributed by atoms with Gasteiger partial charge in [0.2, 0.25) is 0 Å². The van der Waals surface area contributed by atoms with Gasteiger partial charge in [-0.2, -0.15) is 4.98 Å². The summed E-state index contributed by atoms with van der Waals surface area (Å²) in [6, 6.07) is 13.5. The third kappa shape index (κ3) is 2.26. The van der Waals surface area contributed by atoms with Gasteiger partial charge >= 0.3 is 5.69 Å². The molecule has 0 amide bonds. The second-order valence-corrected chi connectivity index (χ2v) is 5.32. The van der Waals surface area contributed by atoms with Crippen molar-refractivity contribution < 1.29 is 4.39 Å². The van der Waals surface area contributed by atoms with Crippen LogP contribution in [0.2, 0.25) is 0 Å². The standard InChI is InChI=1S/C17H11FN4O2/c18-11-6-2-1-5-10(11)9-22-13-8-4-3-7-12(13)19-14-15(22)20-17(24)21-16(14)23/h1-8H,9H2,(H,21,23,24). The van der Waals surface area contributed by atoms with Crippen molar-refractivity contribution in [3.05, 3.63) is 80.7 Å². The van der Waals surface area contributed by atoms with Gasteiger partial charge in [0.1, 0.15) is 5.82 Å². The maximum atomic E-state index is 14.1. The van der Waals surface area contributed by atoms with Crippen LogP contribution >= 0.6 is 0 Å². The molecule has 2 aliphatic rings. The summed E-state index contributed by atoms with van der Waals surface area (Å²) >= 11 is 0. The molecule has 0 radical (unpaired) electrons. The molecule has 7 heteroatoms. The van der Waals surface area contributed by atoms with Crippen LogP contribution < -0.4 is 11.2 Å². The first-order valence-corrected chi connectivity index (χ1v) is 7.26. The van der Waals surface area contributed by atoms with E-state index in [4.69, 9.17) is 0 Å². The Hall–Kier alpha value is -3.35. The number of H-pyrrole nitrogens is 1. The van der Waals surface area contributed by atoms with Gasteiger partial charge in [-0.3, -0.25) is 9.78 Å². The molecule has 4 rings (SSSR count). The van der Waals surface area contributed by atoms with Crippen molar-refractivity contribution in [2.24, 2.45) is 0 Å². The second kappa shape index (κ2) is 5.38. The molecule has 0 saturated carbocycles. The lowest BCUT2D eigenvalue weighted by Gasteiger charge is -2.16. The van der Waals surface area contributed by atoms with Gasteiger partial charge in [-0.15, -0.1) is 0 Å². The molecule has 0 spiro atoms. The minimum absolute atomic E-state index is 0.0460. The molecule has 0 aliphatic carbocycles. The number of halogens is 1. The Labute approximate surface area is 134 Å². The Kier molecular flexibility index (Phi) is 3.19. The van der Waals surface area contributed by atoms with Crippen LogP contribution in [-0.2, 0) is 6.54 Å². The molecular weight excluding hydrogens is 311 g/mol. The highest BCUT2D eigenvalue weighted by Crippen LogP contribution is 2.22. The number of nitrogens with zero attached hydrogens (tertiary/aromatic N) is 3. The van der Waals surface area contributed by atoms with E-state index in [0.717, 1.165) is 0 Å². The van der Waals surface area contributed by atoms with Crippen molar-refractivity contribution in [1.29, 1.82) is 0 Å². The zero-order valence-corrected chi connectivity index (χ0v) is 12.4. The van der Waals surface area contributed by atoms with E-state index in [1.54, 1.807) is 47.0 Å². The first-order chi connectivity index (χ1) is 11.6. The first kappa shape index (κ1) is 14.3. The number of rotatable bonds is 2. The zero-order valence-electron chi connectivity index (χ0n) is 12.4. The minimum atomic E-state index is -0.758. The molecule has 6 nitrogen and oxygen atoms in total. The normalized spacial score (nSPS) is 11.2. The molecule has 0 bridgehead atoms. The predicted molar refractivity (Wildman–Crippen MR) is 86.5 cm³/mol. The largest absolute Gasteiger partial charge is 0.349 e. The highest BCUT2D eigenvalue weighted by molar-refractivity contribution is 5.79. The van der Waals surface area contributed by atoms with Crippen molar-refractivity contribution in [2.75, 3.05) is 0 Å². The Bertz CT molecular complexity index is 1150. The molecule has 0 unspecified atom stereocenters. The molecule has 118 valence electrons. The fraction of sp³-hybridized carbons (Fsp3) is 0.0588. The molecule has 24 heavy (non-hydrogen) atoms. The number of nitrogens with one attached hydrogen (secondary N) is 1. The smallest absolute Gasteiger partial charge is 0.318 e. The highest BCUT2D eigenvalue weighted by atomic mass is 19.1. The summed E-state index contributed by atoms with van der Waals surface area (Å²) < 4.78 is 15.7. The van der Waals surface area contributed by atoms with Crippen molar-refractivity contribution >= 4 is 11.0 Å². The predicted octanol–water partition coefficient (Wildman–Crippen LogP) is 1.77. The molecule has 0 saturated heterocycles. The van der Waals surface area contributed by atoms with Gasteiger partial charge < -0.3 is 4.57 Å². The maximum Gasteiger partial charge on any atom is 0.349 e. The molecular formula is C17H11FN4O2. The van der Waals surface area contributed by atoms with Crippen LogP contribution in [0.4, 0.5) is 4.39 Å². The molecule has 2 aliphatic heterocycles. The topological polar surface area (TPSA) is 80.6 Å². The van der Waals surface area contributed by atoms with E-state index in [1.807, 2.05) is 0 Å². The lowest BCUT2D eigenvalue weighted by atomic mass is 10.2. The lowest BCUT2D eigenvalue weighted by molar-refractivity contribution is 0.601. The number of hydrogen-bond donors (Lipinski definition) is 1. The van der Waals surface area contributed by atoms with Gasteiger partial charge in [0.15, 0.2) is 11.5 Å². The molecule has 0 fully saturated rings. The van der Waals surface area contributed by atoms with Crippen LogP contribution in [0.3, 0.4) is 0 Å². The fourth-order valence-corrected chi connectivity index (χ4v) is 2.70. The van der Waals surface area contributed by atoms with Crippen LogP contribution in [0.1, 0.15) is 5.56 Å².